The fourth-order valence-electron chi connectivity index (χ4n) is 5.00. The zero-order valence-electron chi connectivity index (χ0n) is 17.4. The van der Waals surface area contributed by atoms with Gasteiger partial charge in [0.1, 0.15) is 0 Å². The first-order valence-corrected chi connectivity index (χ1v) is 10.9. The fourth-order valence-corrected chi connectivity index (χ4v) is 5.00. The lowest BCUT2D eigenvalue weighted by Gasteiger charge is -2.40. The van der Waals surface area contributed by atoms with Crippen molar-refractivity contribution in [3.8, 4) is 0 Å². The lowest BCUT2D eigenvalue weighted by molar-refractivity contribution is 0.0761. The maximum Gasteiger partial charge on any atom is 0.0113 e. The highest BCUT2D eigenvalue weighted by molar-refractivity contribution is 4.81. The molecule has 2 fully saturated rings. The standard InChI is InChI=1S/C22H44N2/c1-17(2)21-9-11-22(12-10-21)19(5)7-8-20(6)24-15-13-23(14-16-24)18(3)4/h17-22H,7-16H2,1-6H3. The second-order valence-electron chi connectivity index (χ2n) is 9.49. The molecule has 24 heavy (non-hydrogen) atoms. The average Bonchev–Trinajstić information content (AvgIpc) is 2.59. The molecule has 2 aliphatic rings. The van der Waals surface area contributed by atoms with Crippen LogP contribution in [0.15, 0.2) is 0 Å². The van der Waals surface area contributed by atoms with Gasteiger partial charge in [0.05, 0.1) is 0 Å². The molecule has 1 heterocycles. The Balaban J connectivity index is 1.66. The van der Waals surface area contributed by atoms with Crippen LogP contribution >= 0.6 is 0 Å². The Labute approximate surface area is 152 Å². The summed E-state index contributed by atoms with van der Waals surface area (Å²) in [5.74, 6) is 3.83. The Morgan fingerprint density at radius 3 is 1.67 bits per heavy atom. The molecule has 142 valence electrons. The van der Waals surface area contributed by atoms with Crippen LogP contribution in [-0.2, 0) is 0 Å². The second-order valence-corrected chi connectivity index (χ2v) is 9.49. The van der Waals surface area contributed by atoms with Gasteiger partial charge < -0.3 is 0 Å². The Morgan fingerprint density at radius 1 is 0.667 bits per heavy atom. The molecule has 2 unspecified atom stereocenters. The van der Waals surface area contributed by atoms with Gasteiger partial charge in [-0.1, -0.05) is 20.8 Å². The Hall–Kier alpha value is -0.0800. The summed E-state index contributed by atoms with van der Waals surface area (Å²) in [5, 5.41) is 0. The maximum atomic E-state index is 2.74. The summed E-state index contributed by atoms with van der Waals surface area (Å²) in [6.07, 6.45) is 8.78. The molecule has 2 rings (SSSR count). The fraction of sp³-hybridized carbons (Fsp3) is 1.00. The third-order valence-electron chi connectivity index (χ3n) is 7.31. The van der Waals surface area contributed by atoms with Crippen molar-refractivity contribution in [1.29, 1.82) is 0 Å². The van der Waals surface area contributed by atoms with E-state index in [1.54, 1.807) is 0 Å². The molecule has 0 N–H and O–H groups in total. The van der Waals surface area contributed by atoms with Crippen molar-refractivity contribution >= 4 is 0 Å². The van der Waals surface area contributed by atoms with Crippen LogP contribution in [0.5, 0.6) is 0 Å². The molecule has 0 aromatic heterocycles. The third-order valence-corrected chi connectivity index (χ3v) is 7.31. The molecule has 0 aromatic rings. The molecule has 0 bridgehead atoms. The minimum absolute atomic E-state index is 0.712. The summed E-state index contributed by atoms with van der Waals surface area (Å²) < 4.78 is 0. The Kier molecular flexibility index (Phi) is 8.07. The van der Waals surface area contributed by atoms with Crippen LogP contribution in [-0.4, -0.2) is 48.1 Å². The third kappa shape index (κ3) is 5.73. The van der Waals surface area contributed by atoms with Gasteiger partial charge in [-0.15, -0.1) is 0 Å². The van der Waals surface area contributed by atoms with Gasteiger partial charge in [0, 0.05) is 38.3 Å². The lowest BCUT2D eigenvalue weighted by Crippen LogP contribution is -2.51. The topological polar surface area (TPSA) is 6.48 Å². The summed E-state index contributed by atoms with van der Waals surface area (Å²) in [6, 6.07) is 1.48. The van der Waals surface area contributed by atoms with Crippen LogP contribution in [0.1, 0.15) is 80.1 Å². The van der Waals surface area contributed by atoms with Crippen molar-refractivity contribution in [2.75, 3.05) is 26.2 Å². The monoisotopic (exact) mass is 336 g/mol. The number of nitrogens with zero attached hydrogens (tertiary/aromatic N) is 2. The van der Waals surface area contributed by atoms with Gasteiger partial charge in [-0.2, -0.15) is 0 Å². The predicted molar refractivity (Wildman–Crippen MR) is 106 cm³/mol. The molecule has 2 nitrogen and oxygen atoms in total. The van der Waals surface area contributed by atoms with Crippen molar-refractivity contribution in [1.82, 2.24) is 9.80 Å². The highest BCUT2D eigenvalue weighted by Crippen LogP contribution is 2.38. The molecule has 0 aromatic carbocycles. The summed E-state index contributed by atoms with van der Waals surface area (Å²) >= 11 is 0. The highest BCUT2D eigenvalue weighted by Gasteiger charge is 2.28. The number of hydrogen-bond acceptors (Lipinski definition) is 2. The molecule has 1 saturated carbocycles. The van der Waals surface area contributed by atoms with E-state index >= 15 is 0 Å². The van der Waals surface area contributed by atoms with Crippen LogP contribution in [0.3, 0.4) is 0 Å². The van der Waals surface area contributed by atoms with E-state index in [4.69, 9.17) is 0 Å². The van der Waals surface area contributed by atoms with Crippen molar-refractivity contribution < 1.29 is 0 Å². The molecule has 2 atom stereocenters. The van der Waals surface area contributed by atoms with E-state index in [1.807, 2.05) is 0 Å². The van der Waals surface area contributed by atoms with Gasteiger partial charge in [-0.05, 0) is 83.0 Å². The van der Waals surface area contributed by atoms with E-state index in [1.165, 1.54) is 64.7 Å². The van der Waals surface area contributed by atoms with E-state index in [2.05, 4.69) is 51.3 Å². The van der Waals surface area contributed by atoms with Crippen molar-refractivity contribution in [3.63, 3.8) is 0 Å². The molecule has 1 aliphatic heterocycles. The minimum Gasteiger partial charge on any atom is -0.298 e. The minimum atomic E-state index is 0.712. The molecule has 0 radical (unpaired) electrons. The maximum absolute atomic E-state index is 2.74. The van der Waals surface area contributed by atoms with Gasteiger partial charge in [0.25, 0.3) is 0 Å². The normalized spacial score (nSPS) is 30.0. The van der Waals surface area contributed by atoms with E-state index in [0.29, 0.717) is 6.04 Å². The Bertz CT molecular complexity index is 302. The average molecular weight is 337 g/mol. The van der Waals surface area contributed by atoms with Crippen LogP contribution in [0, 0.1) is 23.7 Å². The zero-order chi connectivity index (χ0) is 17.7. The summed E-state index contributed by atoms with van der Waals surface area (Å²) in [5.41, 5.74) is 0. The van der Waals surface area contributed by atoms with E-state index in [-0.39, 0.29) is 0 Å². The van der Waals surface area contributed by atoms with Gasteiger partial charge >= 0.3 is 0 Å². The van der Waals surface area contributed by atoms with Crippen molar-refractivity contribution in [2.45, 2.75) is 92.2 Å². The molecular weight excluding hydrogens is 292 g/mol. The van der Waals surface area contributed by atoms with Gasteiger partial charge in [-0.25, -0.2) is 0 Å². The van der Waals surface area contributed by atoms with Gasteiger partial charge in [-0.3, -0.25) is 9.80 Å². The zero-order valence-corrected chi connectivity index (χ0v) is 17.4. The van der Waals surface area contributed by atoms with Crippen LogP contribution in [0.4, 0.5) is 0 Å². The number of piperazine rings is 1. The van der Waals surface area contributed by atoms with E-state index in [0.717, 1.165) is 29.7 Å². The SMILES string of the molecule is CC(C)C1CCC(C(C)CCC(C)N2CCN(C(C)C)CC2)CC1. The largest absolute Gasteiger partial charge is 0.298 e. The highest BCUT2D eigenvalue weighted by atomic mass is 15.3. The number of hydrogen-bond donors (Lipinski definition) is 0. The van der Waals surface area contributed by atoms with E-state index in [9.17, 15) is 0 Å². The molecule has 2 heteroatoms. The van der Waals surface area contributed by atoms with Crippen molar-refractivity contribution in [3.05, 3.63) is 0 Å². The summed E-state index contributed by atoms with van der Waals surface area (Å²) in [7, 11) is 0. The molecule has 0 amide bonds. The van der Waals surface area contributed by atoms with Gasteiger partial charge in [0.2, 0.25) is 0 Å². The van der Waals surface area contributed by atoms with Crippen LogP contribution < -0.4 is 0 Å². The smallest absolute Gasteiger partial charge is 0.0113 e. The molecule has 1 aliphatic carbocycles. The molecule has 1 saturated heterocycles. The van der Waals surface area contributed by atoms with Crippen LogP contribution in [0.2, 0.25) is 0 Å². The quantitative estimate of drug-likeness (QED) is 0.624. The first-order valence-electron chi connectivity index (χ1n) is 10.9. The first-order chi connectivity index (χ1) is 11.4. The van der Waals surface area contributed by atoms with Crippen LogP contribution in [0.25, 0.3) is 0 Å². The first kappa shape index (κ1) is 20.2. The molecule has 0 spiro atoms. The van der Waals surface area contributed by atoms with E-state index < -0.39 is 0 Å². The van der Waals surface area contributed by atoms with Gasteiger partial charge in [0.15, 0.2) is 0 Å². The second kappa shape index (κ2) is 9.57. The Morgan fingerprint density at radius 2 is 1.17 bits per heavy atom. The molecular formula is C22H44N2. The summed E-state index contributed by atoms with van der Waals surface area (Å²) in [4.78, 5) is 5.36. The predicted octanol–water partition coefficient (Wildman–Crippen LogP) is 5.28. The number of rotatable bonds is 7. The lowest BCUT2D eigenvalue weighted by atomic mass is 9.72. The summed E-state index contributed by atoms with van der Waals surface area (Å²) in [6.45, 7) is 19.5. The van der Waals surface area contributed by atoms with Crippen molar-refractivity contribution in [2.24, 2.45) is 23.7 Å².